The summed E-state index contributed by atoms with van der Waals surface area (Å²) in [6.45, 7) is 0.578. The van der Waals surface area contributed by atoms with Crippen LogP contribution in [-0.4, -0.2) is 23.5 Å². The van der Waals surface area contributed by atoms with E-state index in [4.69, 9.17) is 16.3 Å². The van der Waals surface area contributed by atoms with Gasteiger partial charge >= 0.3 is 0 Å². The number of aryl methyl sites for hydroxylation is 1. The standard InChI is InChI=1S/C11H13BrClNO3/c1-17-7-9(12)3-2-8-6-10(13)4-5-11(8)14(15)16/h4-6,9H,2-3,7H2,1H3. The van der Waals surface area contributed by atoms with Crippen LogP contribution in [0.3, 0.4) is 0 Å². The van der Waals surface area contributed by atoms with E-state index < -0.39 is 0 Å². The lowest BCUT2D eigenvalue weighted by molar-refractivity contribution is -0.385. The molecule has 1 rings (SSSR count). The predicted octanol–water partition coefficient (Wildman–Crippen LogP) is 3.59. The van der Waals surface area contributed by atoms with Gasteiger partial charge in [-0.05, 0) is 25.0 Å². The molecule has 0 aromatic heterocycles. The quantitative estimate of drug-likeness (QED) is 0.457. The molecular weight excluding hydrogens is 309 g/mol. The van der Waals surface area contributed by atoms with Crippen LogP contribution in [0, 0.1) is 10.1 Å². The van der Waals surface area contributed by atoms with Crippen molar-refractivity contribution in [2.24, 2.45) is 0 Å². The van der Waals surface area contributed by atoms with Crippen LogP contribution in [0.25, 0.3) is 0 Å². The van der Waals surface area contributed by atoms with Gasteiger partial charge in [0.25, 0.3) is 5.69 Å². The average molecular weight is 323 g/mol. The van der Waals surface area contributed by atoms with Crippen molar-refractivity contribution >= 4 is 33.2 Å². The predicted molar refractivity (Wildman–Crippen MR) is 71.0 cm³/mol. The van der Waals surface area contributed by atoms with E-state index >= 15 is 0 Å². The maximum Gasteiger partial charge on any atom is 0.272 e. The summed E-state index contributed by atoms with van der Waals surface area (Å²) < 4.78 is 4.99. The molecule has 1 aromatic rings. The van der Waals surface area contributed by atoms with E-state index in [1.807, 2.05) is 0 Å². The molecule has 0 aliphatic heterocycles. The van der Waals surface area contributed by atoms with Gasteiger partial charge in [0.05, 0.1) is 11.5 Å². The minimum absolute atomic E-state index is 0.117. The molecule has 94 valence electrons. The highest BCUT2D eigenvalue weighted by atomic mass is 79.9. The van der Waals surface area contributed by atoms with Crippen molar-refractivity contribution in [3.63, 3.8) is 0 Å². The summed E-state index contributed by atoms with van der Waals surface area (Å²) in [6.07, 6.45) is 1.35. The minimum atomic E-state index is -0.384. The highest BCUT2D eigenvalue weighted by Crippen LogP contribution is 2.25. The van der Waals surface area contributed by atoms with Gasteiger partial charge in [-0.25, -0.2) is 0 Å². The molecule has 6 heteroatoms. The van der Waals surface area contributed by atoms with Crippen LogP contribution in [0.4, 0.5) is 5.69 Å². The number of benzene rings is 1. The molecule has 1 unspecified atom stereocenters. The molecular formula is C11H13BrClNO3. The molecule has 0 fully saturated rings. The number of halogens is 2. The monoisotopic (exact) mass is 321 g/mol. The van der Waals surface area contributed by atoms with Gasteiger partial charge in [0.1, 0.15) is 0 Å². The largest absolute Gasteiger partial charge is 0.384 e. The number of hydrogen-bond donors (Lipinski definition) is 0. The van der Waals surface area contributed by atoms with E-state index in [1.165, 1.54) is 12.1 Å². The Bertz CT molecular complexity index is 400. The van der Waals surface area contributed by atoms with Gasteiger partial charge in [-0.2, -0.15) is 0 Å². The molecule has 0 radical (unpaired) electrons. The second kappa shape index (κ2) is 6.93. The zero-order valence-electron chi connectivity index (χ0n) is 9.36. The highest BCUT2D eigenvalue weighted by Gasteiger charge is 2.15. The molecule has 0 saturated heterocycles. The van der Waals surface area contributed by atoms with Crippen LogP contribution in [0.5, 0.6) is 0 Å². The molecule has 0 aliphatic rings. The second-order valence-electron chi connectivity index (χ2n) is 3.62. The molecule has 4 nitrogen and oxygen atoms in total. The summed E-state index contributed by atoms with van der Waals surface area (Å²) in [6, 6.07) is 4.62. The van der Waals surface area contributed by atoms with Gasteiger partial charge in [0.2, 0.25) is 0 Å². The first-order valence-corrected chi connectivity index (χ1v) is 6.39. The molecule has 0 bridgehead atoms. The van der Waals surface area contributed by atoms with E-state index in [9.17, 15) is 10.1 Å². The van der Waals surface area contributed by atoms with E-state index in [0.29, 0.717) is 23.6 Å². The number of rotatable bonds is 6. The molecule has 0 heterocycles. The number of nitro benzene ring substituents is 1. The summed E-state index contributed by atoms with van der Waals surface area (Å²) in [5.74, 6) is 0. The van der Waals surface area contributed by atoms with E-state index in [0.717, 1.165) is 6.42 Å². The Morgan fingerprint density at radius 1 is 1.59 bits per heavy atom. The summed E-state index contributed by atoms with van der Waals surface area (Å²) >= 11 is 9.29. The normalized spacial score (nSPS) is 12.4. The minimum Gasteiger partial charge on any atom is -0.384 e. The Morgan fingerprint density at radius 2 is 2.29 bits per heavy atom. The van der Waals surface area contributed by atoms with Crippen LogP contribution in [0.15, 0.2) is 18.2 Å². The molecule has 0 N–H and O–H groups in total. The molecule has 0 spiro atoms. The van der Waals surface area contributed by atoms with Crippen molar-refractivity contribution in [2.75, 3.05) is 13.7 Å². The SMILES string of the molecule is COCC(Br)CCc1cc(Cl)ccc1[N+](=O)[O-]. The lowest BCUT2D eigenvalue weighted by Crippen LogP contribution is -2.08. The van der Waals surface area contributed by atoms with Gasteiger partial charge in [-0.1, -0.05) is 27.5 Å². The lowest BCUT2D eigenvalue weighted by atomic mass is 10.1. The second-order valence-corrected chi connectivity index (χ2v) is 5.35. The third-order valence-corrected chi connectivity index (χ3v) is 3.27. The lowest BCUT2D eigenvalue weighted by Gasteiger charge is -2.08. The third kappa shape index (κ3) is 4.61. The Labute approximate surface area is 113 Å². The van der Waals surface area contributed by atoms with Crippen LogP contribution in [0.2, 0.25) is 5.02 Å². The molecule has 1 atom stereocenters. The van der Waals surface area contributed by atoms with Crippen molar-refractivity contribution < 1.29 is 9.66 Å². The van der Waals surface area contributed by atoms with Gasteiger partial charge in [0, 0.05) is 28.6 Å². The van der Waals surface area contributed by atoms with Gasteiger partial charge in [-0.15, -0.1) is 0 Å². The van der Waals surface area contributed by atoms with Crippen LogP contribution < -0.4 is 0 Å². The maximum absolute atomic E-state index is 10.8. The first kappa shape index (κ1) is 14.4. The molecule has 1 aromatic carbocycles. The third-order valence-electron chi connectivity index (χ3n) is 2.31. The Morgan fingerprint density at radius 3 is 2.88 bits per heavy atom. The fourth-order valence-electron chi connectivity index (χ4n) is 1.51. The zero-order valence-corrected chi connectivity index (χ0v) is 11.7. The van der Waals surface area contributed by atoms with E-state index in [1.54, 1.807) is 13.2 Å². The highest BCUT2D eigenvalue weighted by molar-refractivity contribution is 9.09. The Balaban J connectivity index is 2.75. The van der Waals surface area contributed by atoms with E-state index in [2.05, 4.69) is 15.9 Å². The summed E-state index contributed by atoms with van der Waals surface area (Å²) in [5.41, 5.74) is 0.773. The first-order valence-electron chi connectivity index (χ1n) is 5.10. The number of hydrogen-bond acceptors (Lipinski definition) is 3. The molecule has 17 heavy (non-hydrogen) atoms. The maximum atomic E-state index is 10.8. The van der Waals surface area contributed by atoms with Gasteiger partial charge in [-0.3, -0.25) is 10.1 Å². The average Bonchev–Trinajstić information content (AvgIpc) is 2.26. The smallest absolute Gasteiger partial charge is 0.272 e. The van der Waals surface area contributed by atoms with Crippen LogP contribution in [0.1, 0.15) is 12.0 Å². The zero-order chi connectivity index (χ0) is 12.8. The molecule has 0 amide bonds. The van der Waals surface area contributed by atoms with Crippen molar-refractivity contribution in [3.05, 3.63) is 38.9 Å². The summed E-state index contributed by atoms with van der Waals surface area (Å²) in [5, 5.41) is 11.3. The summed E-state index contributed by atoms with van der Waals surface area (Å²) in [4.78, 5) is 10.6. The van der Waals surface area contributed by atoms with Crippen molar-refractivity contribution in [2.45, 2.75) is 17.7 Å². The van der Waals surface area contributed by atoms with Crippen molar-refractivity contribution in [3.8, 4) is 0 Å². The van der Waals surface area contributed by atoms with Gasteiger partial charge < -0.3 is 4.74 Å². The Kier molecular flexibility index (Phi) is 5.88. The van der Waals surface area contributed by atoms with Crippen molar-refractivity contribution in [1.82, 2.24) is 0 Å². The molecule has 0 saturated carbocycles. The Hall–Kier alpha value is -0.650. The van der Waals surface area contributed by atoms with E-state index in [-0.39, 0.29) is 15.4 Å². The first-order chi connectivity index (χ1) is 8.04. The molecule has 0 aliphatic carbocycles. The van der Waals surface area contributed by atoms with Crippen molar-refractivity contribution in [1.29, 1.82) is 0 Å². The number of alkyl halides is 1. The number of nitro groups is 1. The topological polar surface area (TPSA) is 52.4 Å². The van der Waals surface area contributed by atoms with Crippen LogP contribution in [-0.2, 0) is 11.2 Å². The number of nitrogens with zero attached hydrogens (tertiary/aromatic N) is 1. The number of ether oxygens (including phenoxy) is 1. The van der Waals surface area contributed by atoms with Crippen LogP contribution >= 0.6 is 27.5 Å². The summed E-state index contributed by atoms with van der Waals surface area (Å²) in [7, 11) is 1.62. The van der Waals surface area contributed by atoms with Gasteiger partial charge in [0.15, 0.2) is 0 Å². The number of methoxy groups -OCH3 is 1. The fourth-order valence-corrected chi connectivity index (χ4v) is 2.20. The fraction of sp³-hybridized carbons (Fsp3) is 0.455.